The van der Waals surface area contributed by atoms with E-state index in [4.69, 9.17) is 16.3 Å². The van der Waals surface area contributed by atoms with Crippen molar-refractivity contribution < 1.29 is 9.53 Å². The highest BCUT2D eigenvalue weighted by Gasteiger charge is 2.04. The molecule has 1 atom stereocenters. The van der Waals surface area contributed by atoms with E-state index in [1.165, 1.54) is 0 Å². The molecule has 0 aromatic heterocycles. The second-order valence-electron chi connectivity index (χ2n) is 3.52. The zero-order chi connectivity index (χ0) is 11.3. The van der Waals surface area contributed by atoms with Crippen LogP contribution in [0.1, 0.15) is 37.0 Å². The van der Waals surface area contributed by atoms with Gasteiger partial charge in [0, 0.05) is 5.56 Å². The second-order valence-corrected chi connectivity index (χ2v) is 3.86. The fourth-order valence-electron chi connectivity index (χ4n) is 1.36. The van der Waals surface area contributed by atoms with Crippen LogP contribution >= 0.6 is 11.6 Å². The summed E-state index contributed by atoms with van der Waals surface area (Å²) >= 11 is 5.33. The summed E-state index contributed by atoms with van der Waals surface area (Å²) in [6.07, 6.45) is 2.32. The first-order valence-electron chi connectivity index (χ1n) is 5.10. The van der Waals surface area contributed by atoms with E-state index in [2.05, 4.69) is 6.92 Å². The molecule has 1 aromatic carbocycles. The molecule has 0 fully saturated rings. The summed E-state index contributed by atoms with van der Waals surface area (Å²) in [6.45, 7) is 4.15. The van der Waals surface area contributed by atoms with Crippen LogP contribution in [-0.4, -0.2) is 11.3 Å². The van der Waals surface area contributed by atoms with Gasteiger partial charge in [0.25, 0.3) is 5.24 Å². The third kappa shape index (κ3) is 3.92. The minimum absolute atomic E-state index is 0.201. The fraction of sp³-hybridized carbons (Fsp3) is 0.417. The summed E-state index contributed by atoms with van der Waals surface area (Å²) in [5, 5.41) is -0.442. The number of benzene rings is 1. The van der Waals surface area contributed by atoms with Crippen LogP contribution < -0.4 is 4.74 Å². The lowest BCUT2D eigenvalue weighted by Crippen LogP contribution is -2.10. The van der Waals surface area contributed by atoms with E-state index in [0.29, 0.717) is 5.56 Å². The van der Waals surface area contributed by atoms with Gasteiger partial charge < -0.3 is 4.74 Å². The maximum atomic E-state index is 10.8. The van der Waals surface area contributed by atoms with Crippen LogP contribution in [0.25, 0.3) is 0 Å². The molecule has 0 radical (unpaired) electrons. The molecule has 2 nitrogen and oxygen atoms in total. The zero-order valence-corrected chi connectivity index (χ0v) is 9.75. The fourth-order valence-corrected chi connectivity index (χ4v) is 1.49. The molecule has 0 bridgehead atoms. The Bertz CT molecular complexity index is 319. The predicted molar refractivity (Wildman–Crippen MR) is 61.6 cm³/mol. The predicted octanol–water partition coefficient (Wildman–Crippen LogP) is 3.63. The molecule has 1 rings (SSSR count). The van der Waals surface area contributed by atoms with Crippen molar-refractivity contribution in [3.8, 4) is 5.75 Å². The van der Waals surface area contributed by atoms with E-state index in [-0.39, 0.29) is 6.10 Å². The molecular weight excluding hydrogens is 212 g/mol. The first-order valence-corrected chi connectivity index (χ1v) is 5.47. The van der Waals surface area contributed by atoms with E-state index in [9.17, 15) is 4.79 Å². The monoisotopic (exact) mass is 226 g/mol. The lowest BCUT2D eigenvalue weighted by Gasteiger charge is -2.13. The van der Waals surface area contributed by atoms with Crippen molar-refractivity contribution in [1.82, 2.24) is 0 Å². The molecule has 0 heterocycles. The van der Waals surface area contributed by atoms with Crippen molar-refractivity contribution in [3.05, 3.63) is 29.8 Å². The molecule has 0 saturated heterocycles. The molecule has 1 unspecified atom stereocenters. The van der Waals surface area contributed by atoms with Gasteiger partial charge in [0.1, 0.15) is 5.75 Å². The van der Waals surface area contributed by atoms with Gasteiger partial charge in [-0.3, -0.25) is 4.79 Å². The smallest absolute Gasteiger partial charge is 0.252 e. The molecular formula is C12H15ClO2. The Morgan fingerprint density at radius 1 is 1.40 bits per heavy atom. The van der Waals surface area contributed by atoms with Crippen molar-refractivity contribution >= 4 is 16.8 Å². The summed E-state index contributed by atoms with van der Waals surface area (Å²) in [7, 11) is 0. The zero-order valence-electron chi connectivity index (χ0n) is 9.00. The molecule has 0 saturated carbocycles. The molecule has 1 aromatic rings. The van der Waals surface area contributed by atoms with Gasteiger partial charge in [0.15, 0.2) is 0 Å². The van der Waals surface area contributed by atoms with Crippen LogP contribution in [-0.2, 0) is 0 Å². The van der Waals surface area contributed by atoms with Crippen molar-refractivity contribution in [2.75, 3.05) is 0 Å². The van der Waals surface area contributed by atoms with E-state index in [0.717, 1.165) is 18.6 Å². The van der Waals surface area contributed by atoms with Crippen LogP contribution in [0.4, 0.5) is 0 Å². The molecule has 15 heavy (non-hydrogen) atoms. The van der Waals surface area contributed by atoms with Crippen molar-refractivity contribution in [2.45, 2.75) is 32.8 Å². The summed E-state index contributed by atoms with van der Waals surface area (Å²) in [5.41, 5.74) is 0.493. The SMILES string of the molecule is CCCC(C)Oc1ccc(C(=O)Cl)cc1. The van der Waals surface area contributed by atoms with Gasteiger partial charge in [-0.1, -0.05) is 13.3 Å². The summed E-state index contributed by atoms with van der Waals surface area (Å²) in [5.74, 6) is 0.776. The van der Waals surface area contributed by atoms with Gasteiger partial charge in [-0.25, -0.2) is 0 Å². The largest absolute Gasteiger partial charge is 0.491 e. The van der Waals surface area contributed by atoms with Crippen LogP contribution in [0.15, 0.2) is 24.3 Å². The number of ether oxygens (including phenoxy) is 1. The quantitative estimate of drug-likeness (QED) is 0.717. The minimum Gasteiger partial charge on any atom is -0.491 e. The third-order valence-electron chi connectivity index (χ3n) is 2.11. The van der Waals surface area contributed by atoms with E-state index in [1.54, 1.807) is 24.3 Å². The Morgan fingerprint density at radius 2 is 2.00 bits per heavy atom. The van der Waals surface area contributed by atoms with Crippen molar-refractivity contribution in [2.24, 2.45) is 0 Å². The Hall–Kier alpha value is -1.02. The minimum atomic E-state index is -0.442. The van der Waals surface area contributed by atoms with Gasteiger partial charge in [0.2, 0.25) is 0 Å². The topological polar surface area (TPSA) is 26.3 Å². The molecule has 0 N–H and O–H groups in total. The average molecular weight is 227 g/mol. The highest BCUT2D eigenvalue weighted by molar-refractivity contribution is 6.67. The summed E-state index contributed by atoms with van der Waals surface area (Å²) in [4.78, 5) is 10.8. The first kappa shape index (κ1) is 12.1. The summed E-state index contributed by atoms with van der Waals surface area (Å²) < 4.78 is 5.64. The molecule has 0 spiro atoms. The molecule has 3 heteroatoms. The number of carbonyl (C=O) groups is 1. The third-order valence-corrected chi connectivity index (χ3v) is 2.33. The Kier molecular flexibility index (Phi) is 4.63. The van der Waals surface area contributed by atoms with Crippen LogP contribution in [0.2, 0.25) is 0 Å². The number of hydrogen-bond donors (Lipinski definition) is 0. The van der Waals surface area contributed by atoms with Gasteiger partial charge in [-0.2, -0.15) is 0 Å². The molecule has 82 valence electrons. The lowest BCUT2D eigenvalue weighted by atomic mass is 10.2. The molecule has 0 aliphatic carbocycles. The van der Waals surface area contributed by atoms with E-state index in [1.807, 2.05) is 6.92 Å². The number of halogens is 1. The molecule has 0 amide bonds. The highest BCUT2D eigenvalue weighted by Crippen LogP contribution is 2.16. The lowest BCUT2D eigenvalue weighted by molar-refractivity contribution is 0.108. The Morgan fingerprint density at radius 3 is 2.47 bits per heavy atom. The Balaban J connectivity index is 2.60. The number of carbonyl (C=O) groups excluding carboxylic acids is 1. The van der Waals surface area contributed by atoms with Gasteiger partial charge in [-0.15, -0.1) is 0 Å². The first-order chi connectivity index (χ1) is 7.13. The van der Waals surface area contributed by atoms with Crippen molar-refractivity contribution in [1.29, 1.82) is 0 Å². The standard InChI is InChI=1S/C12H15ClO2/c1-3-4-9(2)15-11-7-5-10(6-8-11)12(13)14/h5-9H,3-4H2,1-2H3. The second kappa shape index (κ2) is 5.76. The van der Waals surface area contributed by atoms with Gasteiger partial charge in [-0.05, 0) is 49.2 Å². The normalized spacial score (nSPS) is 12.2. The Labute approximate surface area is 95.2 Å². The number of hydrogen-bond acceptors (Lipinski definition) is 2. The van der Waals surface area contributed by atoms with Crippen LogP contribution in [0, 0.1) is 0 Å². The van der Waals surface area contributed by atoms with E-state index >= 15 is 0 Å². The maximum absolute atomic E-state index is 10.8. The average Bonchev–Trinajstić information content (AvgIpc) is 2.18. The summed E-state index contributed by atoms with van der Waals surface area (Å²) in [6, 6.07) is 6.87. The van der Waals surface area contributed by atoms with Gasteiger partial charge in [0.05, 0.1) is 6.10 Å². The van der Waals surface area contributed by atoms with Gasteiger partial charge >= 0.3 is 0 Å². The van der Waals surface area contributed by atoms with E-state index < -0.39 is 5.24 Å². The highest BCUT2D eigenvalue weighted by atomic mass is 35.5. The van der Waals surface area contributed by atoms with Crippen molar-refractivity contribution in [3.63, 3.8) is 0 Å². The van der Waals surface area contributed by atoms with Crippen LogP contribution in [0.5, 0.6) is 5.75 Å². The molecule has 0 aliphatic heterocycles. The number of rotatable bonds is 5. The van der Waals surface area contributed by atoms with Crippen LogP contribution in [0.3, 0.4) is 0 Å². The maximum Gasteiger partial charge on any atom is 0.252 e. The molecule has 0 aliphatic rings.